The largest absolute Gasteiger partial charge is 0.450 e. The van der Waals surface area contributed by atoms with Gasteiger partial charge in [-0.3, -0.25) is 5.32 Å². The molecule has 4 aromatic rings. The highest BCUT2D eigenvalue weighted by atomic mass is 35.5. The highest BCUT2D eigenvalue weighted by Crippen LogP contribution is 2.36. The number of urea groups is 1. The van der Waals surface area contributed by atoms with Gasteiger partial charge in [0.2, 0.25) is 0 Å². The molecule has 29 heavy (non-hydrogen) atoms. The third kappa shape index (κ3) is 3.94. The zero-order chi connectivity index (χ0) is 20.4. The van der Waals surface area contributed by atoms with Gasteiger partial charge in [0.05, 0.1) is 10.4 Å². The van der Waals surface area contributed by atoms with Gasteiger partial charge in [-0.05, 0) is 18.2 Å². The molecule has 3 N–H and O–H groups in total. The van der Waals surface area contributed by atoms with E-state index < -0.39 is 23.4 Å². The fourth-order valence-electron chi connectivity index (χ4n) is 2.63. The highest BCUT2D eigenvalue weighted by molar-refractivity contribution is 6.36. The quantitative estimate of drug-likeness (QED) is 0.420. The van der Waals surface area contributed by atoms with Crippen LogP contribution in [-0.2, 0) is 0 Å². The number of fused-ring (bicyclic) bond motifs is 1. The SMILES string of the molecule is O=C(Nc1cc(F)c(Oc2ccnc3[nH]cc(Cl)c23)c(F)c1)Nc1ccccn1. The molecule has 1 aromatic carbocycles. The Kier molecular flexibility index (Phi) is 4.96. The molecule has 146 valence electrons. The lowest BCUT2D eigenvalue weighted by Gasteiger charge is -2.12. The molecule has 0 radical (unpaired) electrons. The smallest absolute Gasteiger partial charge is 0.324 e. The van der Waals surface area contributed by atoms with E-state index in [9.17, 15) is 13.6 Å². The van der Waals surface area contributed by atoms with Crippen LogP contribution in [0.3, 0.4) is 0 Å². The van der Waals surface area contributed by atoms with E-state index in [1.54, 1.807) is 18.2 Å². The fraction of sp³-hybridized carbons (Fsp3) is 0. The number of carbonyl (C=O) groups is 1. The number of pyridine rings is 2. The van der Waals surface area contributed by atoms with Crippen LogP contribution in [0.2, 0.25) is 5.02 Å². The Morgan fingerprint density at radius 3 is 2.59 bits per heavy atom. The van der Waals surface area contributed by atoms with Crippen molar-refractivity contribution in [2.75, 3.05) is 10.6 Å². The van der Waals surface area contributed by atoms with E-state index >= 15 is 0 Å². The summed E-state index contributed by atoms with van der Waals surface area (Å²) in [6, 6.07) is 7.55. The van der Waals surface area contributed by atoms with E-state index in [0.29, 0.717) is 16.1 Å². The maximum atomic E-state index is 14.5. The van der Waals surface area contributed by atoms with Gasteiger partial charge in [-0.25, -0.2) is 23.5 Å². The number of halogens is 3. The van der Waals surface area contributed by atoms with Crippen LogP contribution in [0.25, 0.3) is 11.0 Å². The van der Waals surface area contributed by atoms with Crippen molar-refractivity contribution in [2.45, 2.75) is 0 Å². The Hall–Kier alpha value is -3.72. The van der Waals surface area contributed by atoms with Crippen LogP contribution in [0.5, 0.6) is 11.5 Å². The third-order valence-electron chi connectivity index (χ3n) is 3.86. The first-order chi connectivity index (χ1) is 14.0. The number of hydrogen-bond acceptors (Lipinski definition) is 4. The summed E-state index contributed by atoms with van der Waals surface area (Å²) in [6.07, 6.45) is 4.40. The minimum Gasteiger partial charge on any atom is -0.450 e. The maximum Gasteiger partial charge on any atom is 0.324 e. The van der Waals surface area contributed by atoms with Gasteiger partial charge in [0, 0.05) is 36.4 Å². The highest BCUT2D eigenvalue weighted by Gasteiger charge is 2.18. The van der Waals surface area contributed by atoms with Crippen LogP contribution < -0.4 is 15.4 Å². The molecular formula is C19H12ClF2N5O2. The lowest BCUT2D eigenvalue weighted by molar-refractivity contribution is 0.262. The Bertz CT molecular complexity index is 1180. The first-order valence-electron chi connectivity index (χ1n) is 8.29. The van der Waals surface area contributed by atoms with Gasteiger partial charge < -0.3 is 15.0 Å². The van der Waals surface area contributed by atoms with Crippen molar-refractivity contribution in [3.05, 3.63) is 71.6 Å². The van der Waals surface area contributed by atoms with Crippen molar-refractivity contribution in [3.63, 3.8) is 0 Å². The number of amides is 2. The van der Waals surface area contributed by atoms with E-state index in [1.807, 2.05) is 0 Å². The molecule has 0 aliphatic heterocycles. The molecule has 2 amide bonds. The number of nitrogens with one attached hydrogen (secondary N) is 3. The van der Waals surface area contributed by atoms with Crippen molar-refractivity contribution >= 4 is 40.2 Å². The number of ether oxygens (including phenoxy) is 1. The first kappa shape index (κ1) is 18.6. The summed E-state index contributed by atoms with van der Waals surface area (Å²) >= 11 is 6.07. The van der Waals surface area contributed by atoms with Gasteiger partial charge in [-0.2, -0.15) is 0 Å². The summed E-state index contributed by atoms with van der Waals surface area (Å²) in [4.78, 5) is 22.8. The number of H-pyrrole nitrogens is 1. The van der Waals surface area contributed by atoms with Crippen LogP contribution in [0.1, 0.15) is 0 Å². The summed E-state index contributed by atoms with van der Waals surface area (Å²) in [7, 11) is 0. The van der Waals surface area contributed by atoms with Gasteiger partial charge in [-0.1, -0.05) is 17.7 Å². The zero-order valence-electron chi connectivity index (χ0n) is 14.5. The standard InChI is InChI=1S/C19H12ClF2N5O2/c20-11-9-25-18-16(11)14(4-6-24-18)29-17-12(21)7-10(8-13(17)22)26-19(28)27-15-3-1-2-5-23-15/h1-9H,(H,24,25)(H2,23,26,27,28). The molecular weight excluding hydrogens is 404 g/mol. The number of aromatic amines is 1. The van der Waals surface area contributed by atoms with Crippen LogP contribution in [0, 0.1) is 11.6 Å². The lowest BCUT2D eigenvalue weighted by Crippen LogP contribution is -2.20. The Morgan fingerprint density at radius 1 is 1.07 bits per heavy atom. The second-order valence-electron chi connectivity index (χ2n) is 5.83. The number of carbonyl (C=O) groups excluding carboxylic acids is 1. The molecule has 10 heteroatoms. The van der Waals surface area contributed by atoms with Gasteiger partial charge in [-0.15, -0.1) is 0 Å². The minimum absolute atomic E-state index is 0.0969. The second-order valence-corrected chi connectivity index (χ2v) is 6.24. The molecule has 3 aromatic heterocycles. The van der Waals surface area contributed by atoms with Crippen molar-refractivity contribution in [1.29, 1.82) is 0 Å². The summed E-state index contributed by atoms with van der Waals surface area (Å²) in [6.45, 7) is 0. The normalized spacial score (nSPS) is 10.7. The molecule has 3 heterocycles. The third-order valence-corrected chi connectivity index (χ3v) is 4.16. The monoisotopic (exact) mass is 415 g/mol. The molecule has 0 aliphatic rings. The summed E-state index contributed by atoms with van der Waals surface area (Å²) in [5.41, 5.74) is 0.318. The van der Waals surface area contributed by atoms with Crippen molar-refractivity contribution in [3.8, 4) is 11.5 Å². The van der Waals surface area contributed by atoms with E-state index in [4.69, 9.17) is 16.3 Å². The Balaban J connectivity index is 1.55. The average molecular weight is 416 g/mol. The molecule has 4 rings (SSSR count). The van der Waals surface area contributed by atoms with Crippen LogP contribution in [0.15, 0.2) is 55.0 Å². The van der Waals surface area contributed by atoms with Crippen molar-refractivity contribution in [2.24, 2.45) is 0 Å². The predicted molar refractivity (Wildman–Crippen MR) is 104 cm³/mol. The van der Waals surface area contributed by atoms with Crippen molar-refractivity contribution < 1.29 is 18.3 Å². The Morgan fingerprint density at radius 2 is 1.86 bits per heavy atom. The van der Waals surface area contributed by atoms with Gasteiger partial charge in [0.1, 0.15) is 17.2 Å². The molecule has 0 fully saturated rings. The minimum atomic E-state index is -1.00. The van der Waals surface area contributed by atoms with E-state index in [0.717, 1.165) is 12.1 Å². The first-order valence-corrected chi connectivity index (χ1v) is 8.66. The summed E-state index contributed by atoms with van der Waals surface area (Å²) in [5, 5.41) is 5.47. The Labute approximate surface area is 167 Å². The number of rotatable bonds is 4. The zero-order valence-corrected chi connectivity index (χ0v) is 15.3. The summed E-state index contributed by atoms with van der Waals surface area (Å²) in [5.74, 6) is -2.22. The fourth-order valence-corrected chi connectivity index (χ4v) is 2.87. The van der Waals surface area contributed by atoms with E-state index in [1.165, 1.54) is 24.7 Å². The van der Waals surface area contributed by atoms with Gasteiger partial charge >= 0.3 is 6.03 Å². The molecule has 0 saturated heterocycles. The van der Waals surface area contributed by atoms with Crippen molar-refractivity contribution in [1.82, 2.24) is 15.0 Å². The molecule has 0 aliphatic carbocycles. The van der Waals surface area contributed by atoms with E-state index in [2.05, 4.69) is 25.6 Å². The predicted octanol–water partition coefficient (Wildman–Crippen LogP) is 5.33. The second kappa shape index (κ2) is 7.72. The number of benzene rings is 1. The molecule has 0 bridgehead atoms. The molecule has 7 nitrogen and oxygen atoms in total. The summed E-state index contributed by atoms with van der Waals surface area (Å²) < 4.78 is 34.4. The topological polar surface area (TPSA) is 91.9 Å². The van der Waals surface area contributed by atoms with E-state index in [-0.39, 0.29) is 17.3 Å². The average Bonchev–Trinajstić information content (AvgIpc) is 3.07. The van der Waals surface area contributed by atoms with Crippen LogP contribution in [0.4, 0.5) is 25.1 Å². The lowest BCUT2D eigenvalue weighted by atomic mass is 10.2. The number of hydrogen-bond donors (Lipinski definition) is 3. The molecule has 0 atom stereocenters. The number of nitrogens with zero attached hydrogens (tertiary/aromatic N) is 2. The molecule has 0 spiro atoms. The number of anilines is 2. The maximum absolute atomic E-state index is 14.5. The van der Waals surface area contributed by atoms with Crippen LogP contribution >= 0.6 is 11.6 Å². The number of aromatic nitrogens is 3. The van der Waals surface area contributed by atoms with Crippen LogP contribution in [-0.4, -0.2) is 21.0 Å². The molecule has 0 unspecified atom stereocenters. The molecule has 0 saturated carbocycles. The van der Waals surface area contributed by atoms with Gasteiger partial charge in [0.25, 0.3) is 0 Å². The van der Waals surface area contributed by atoms with Gasteiger partial charge in [0.15, 0.2) is 17.4 Å².